The van der Waals surface area contributed by atoms with Crippen LogP contribution in [0.5, 0.6) is 0 Å². The lowest BCUT2D eigenvalue weighted by Gasteiger charge is -1.94. The van der Waals surface area contributed by atoms with Crippen molar-refractivity contribution in [1.82, 2.24) is 9.78 Å². The Morgan fingerprint density at radius 1 is 2.00 bits per heavy atom. The molecule has 0 spiro atoms. The van der Waals surface area contributed by atoms with Crippen LogP contribution < -0.4 is 0 Å². The molecule has 0 bridgehead atoms. The molecule has 0 saturated heterocycles. The highest BCUT2D eigenvalue weighted by molar-refractivity contribution is 5.06. The van der Waals surface area contributed by atoms with Crippen LogP contribution in [-0.4, -0.2) is 21.0 Å². The second kappa shape index (κ2) is 1.57. The topological polar surface area (TPSA) is 38.0 Å². The molecule has 2 rings (SSSR count). The van der Waals surface area contributed by atoms with E-state index in [1.165, 1.54) is 6.20 Å². The fourth-order valence-corrected chi connectivity index (χ4v) is 1.13. The number of aromatic nitrogens is 2. The van der Waals surface area contributed by atoms with E-state index in [-0.39, 0.29) is 6.10 Å². The molecule has 3 nitrogen and oxygen atoms in total. The highest BCUT2D eigenvalue weighted by atomic mass is 16.3. The number of nitrogens with zero attached hydrogens (tertiary/aromatic N) is 2. The molecule has 1 N–H and O–H groups in total. The van der Waals surface area contributed by atoms with Gasteiger partial charge in [0.25, 0.3) is 0 Å². The van der Waals surface area contributed by atoms with Crippen LogP contribution in [0.15, 0.2) is 12.2 Å². The largest absolute Gasteiger partial charge is 0.391 e. The fraction of sp³-hybridized carbons (Fsp3) is 0.500. The molecule has 1 atom stereocenters. The van der Waals surface area contributed by atoms with Gasteiger partial charge >= 0.3 is 0 Å². The van der Waals surface area contributed by atoms with Gasteiger partial charge in [0, 0.05) is 18.3 Å². The minimum atomic E-state index is -0.326. The Bertz CT molecular complexity index is 258. The van der Waals surface area contributed by atoms with E-state index in [1.54, 1.807) is 4.68 Å². The first-order chi connectivity index (χ1) is 4.77. The highest BCUT2D eigenvalue weighted by Gasteiger charge is 2.18. The molecule has 0 saturated carbocycles. The molecule has 0 aliphatic carbocycles. The molecule has 0 fully saturated rings. The lowest BCUT2D eigenvalue weighted by Crippen LogP contribution is -2.07. The number of fused-ring (bicyclic) bond motifs is 1. The molecule has 1 aromatic rings. The summed E-state index contributed by atoms with van der Waals surface area (Å²) >= 11 is 0. The predicted molar refractivity (Wildman–Crippen MR) is 31.9 cm³/mol. The van der Waals surface area contributed by atoms with E-state index in [0.717, 1.165) is 5.69 Å². The molecule has 2 heterocycles. The third-order valence-corrected chi connectivity index (χ3v) is 1.55. The van der Waals surface area contributed by atoms with Gasteiger partial charge in [-0.3, -0.25) is 4.68 Å². The van der Waals surface area contributed by atoms with Gasteiger partial charge < -0.3 is 5.11 Å². The van der Waals surface area contributed by atoms with Crippen molar-refractivity contribution in [1.29, 1.82) is 0 Å². The van der Waals surface area contributed by atoms with Crippen molar-refractivity contribution in [3.8, 4) is 0 Å². The van der Waals surface area contributed by atoms with E-state index in [1.807, 2.05) is 0 Å². The smallest absolute Gasteiger partial charge is 0.0791 e. The van der Waals surface area contributed by atoms with Gasteiger partial charge in [-0.25, -0.2) is 0 Å². The third kappa shape index (κ3) is 0.650. The molecule has 0 radical (unpaired) electrons. The molecule has 0 unspecified atom stereocenters. The number of aliphatic hydroxyl groups excluding tert-OH is 1. The zero-order chi connectivity index (χ0) is 7.14. The standard InChI is InChI=1S/C6H8N2O/c9-6-3-5-1-2-7-8(5)4-6/h1-2,6,9H,3-4H2/t6-/m1/s1/i1D. The summed E-state index contributed by atoms with van der Waals surface area (Å²) in [5.41, 5.74) is 0.854. The maximum absolute atomic E-state index is 9.12. The Kier molecular flexibility index (Phi) is 0.710. The maximum atomic E-state index is 9.12. The van der Waals surface area contributed by atoms with Crippen molar-refractivity contribution in [2.75, 3.05) is 0 Å². The predicted octanol–water partition coefficient (Wildman–Crippen LogP) is -0.200. The Hall–Kier alpha value is -0.830. The normalized spacial score (nSPS) is 25.9. The zero-order valence-electron chi connectivity index (χ0n) is 5.91. The van der Waals surface area contributed by atoms with Crippen LogP contribution in [0.4, 0.5) is 0 Å². The number of aliphatic hydroxyl groups is 1. The van der Waals surface area contributed by atoms with Crippen LogP contribution in [-0.2, 0) is 13.0 Å². The molecule has 0 aromatic carbocycles. The summed E-state index contributed by atoms with van der Waals surface area (Å²) < 4.78 is 9.01. The molecule has 9 heavy (non-hydrogen) atoms. The molecule has 3 heteroatoms. The van der Waals surface area contributed by atoms with Crippen LogP contribution in [0.3, 0.4) is 0 Å². The van der Waals surface area contributed by atoms with Gasteiger partial charge in [0.05, 0.1) is 14.0 Å². The van der Waals surface area contributed by atoms with Gasteiger partial charge in [0.15, 0.2) is 0 Å². The Morgan fingerprint density at radius 3 is 3.67 bits per heavy atom. The maximum Gasteiger partial charge on any atom is 0.0791 e. The average molecular weight is 125 g/mol. The van der Waals surface area contributed by atoms with Crippen molar-refractivity contribution in [2.45, 2.75) is 19.1 Å². The van der Waals surface area contributed by atoms with Crippen LogP contribution in [0.1, 0.15) is 7.06 Å². The van der Waals surface area contributed by atoms with Crippen LogP contribution >= 0.6 is 0 Å². The lowest BCUT2D eigenvalue weighted by molar-refractivity contribution is 0.172. The van der Waals surface area contributed by atoms with Crippen molar-refractivity contribution in [2.24, 2.45) is 0 Å². The molecular formula is C6H8N2O. The van der Waals surface area contributed by atoms with Crippen molar-refractivity contribution >= 4 is 0 Å². The monoisotopic (exact) mass is 125 g/mol. The van der Waals surface area contributed by atoms with Gasteiger partial charge in [-0.1, -0.05) is 0 Å². The summed E-state index contributed by atoms with van der Waals surface area (Å²) in [6, 6.07) is 0.441. The molecule has 1 aromatic heterocycles. The Morgan fingerprint density at radius 2 is 2.89 bits per heavy atom. The summed E-state index contributed by atoms with van der Waals surface area (Å²) in [7, 11) is 0. The van der Waals surface area contributed by atoms with Gasteiger partial charge in [0.1, 0.15) is 0 Å². The Balaban J connectivity index is 2.44. The van der Waals surface area contributed by atoms with E-state index in [0.29, 0.717) is 19.0 Å². The summed E-state index contributed by atoms with van der Waals surface area (Å²) in [5.74, 6) is 0. The van der Waals surface area contributed by atoms with Crippen molar-refractivity contribution in [3.05, 3.63) is 17.9 Å². The van der Waals surface area contributed by atoms with E-state index >= 15 is 0 Å². The first-order valence-corrected chi connectivity index (χ1v) is 2.96. The van der Waals surface area contributed by atoms with E-state index in [9.17, 15) is 0 Å². The lowest BCUT2D eigenvalue weighted by atomic mass is 10.2. The van der Waals surface area contributed by atoms with Crippen molar-refractivity contribution in [3.63, 3.8) is 0 Å². The van der Waals surface area contributed by atoms with Crippen LogP contribution in [0.2, 0.25) is 0 Å². The van der Waals surface area contributed by atoms with Crippen LogP contribution in [0, 0.1) is 0 Å². The minimum Gasteiger partial charge on any atom is -0.391 e. The number of hydrogen-bond donors (Lipinski definition) is 1. The van der Waals surface area contributed by atoms with Gasteiger partial charge in [0.2, 0.25) is 0 Å². The summed E-state index contributed by atoms with van der Waals surface area (Å²) in [6.45, 7) is 0.550. The summed E-state index contributed by atoms with van der Waals surface area (Å²) in [4.78, 5) is 0. The second-order valence-corrected chi connectivity index (χ2v) is 2.28. The highest BCUT2D eigenvalue weighted by Crippen LogP contribution is 2.11. The minimum absolute atomic E-state index is 0.326. The van der Waals surface area contributed by atoms with Crippen LogP contribution in [0.25, 0.3) is 0 Å². The Labute approximate surface area is 54.3 Å². The SMILES string of the molecule is [2H]c1cnn2c1C[C@@H](O)C2. The first kappa shape index (κ1) is 4.06. The fourth-order valence-electron chi connectivity index (χ4n) is 1.13. The molecule has 48 valence electrons. The summed E-state index contributed by atoms with van der Waals surface area (Å²) in [6.07, 6.45) is 1.77. The number of hydrogen-bond acceptors (Lipinski definition) is 2. The van der Waals surface area contributed by atoms with Gasteiger partial charge in [-0.15, -0.1) is 0 Å². The quantitative estimate of drug-likeness (QED) is 0.521. The van der Waals surface area contributed by atoms with Gasteiger partial charge in [-0.2, -0.15) is 5.10 Å². The molecular weight excluding hydrogens is 116 g/mol. The molecule has 0 amide bonds. The van der Waals surface area contributed by atoms with Gasteiger partial charge in [-0.05, 0) is 6.04 Å². The molecule has 1 aliphatic heterocycles. The second-order valence-electron chi connectivity index (χ2n) is 2.28. The number of rotatable bonds is 0. The zero-order valence-corrected chi connectivity index (χ0v) is 4.91. The third-order valence-electron chi connectivity index (χ3n) is 1.55. The van der Waals surface area contributed by atoms with E-state index < -0.39 is 0 Å². The van der Waals surface area contributed by atoms with E-state index in [4.69, 9.17) is 6.48 Å². The van der Waals surface area contributed by atoms with E-state index in [2.05, 4.69) is 5.10 Å². The van der Waals surface area contributed by atoms with Crippen molar-refractivity contribution < 1.29 is 6.48 Å². The molecule has 1 aliphatic rings. The summed E-state index contributed by atoms with van der Waals surface area (Å²) in [5, 5.41) is 13.0. The first-order valence-electron chi connectivity index (χ1n) is 3.46. The average Bonchev–Trinajstić information content (AvgIpc) is 2.35.